The minimum Gasteiger partial charge on any atom is -0.316 e. The molecule has 2 heterocycles. The minimum absolute atomic E-state index is 0.534. The van der Waals surface area contributed by atoms with Crippen LogP contribution in [-0.2, 0) is 0 Å². The van der Waals surface area contributed by atoms with Crippen LogP contribution in [0.5, 0.6) is 0 Å². The van der Waals surface area contributed by atoms with Crippen LogP contribution in [0.4, 0.5) is 0 Å². The van der Waals surface area contributed by atoms with E-state index in [4.69, 9.17) is 0 Å². The van der Waals surface area contributed by atoms with Gasteiger partial charge in [-0.05, 0) is 61.6 Å². The van der Waals surface area contributed by atoms with Crippen molar-refractivity contribution < 1.29 is 0 Å². The van der Waals surface area contributed by atoms with Crippen molar-refractivity contribution in [3.63, 3.8) is 0 Å². The Hall–Kier alpha value is -0.0800. The van der Waals surface area contributed by atoms with E-state index in [1.165, 1.54) is 39.0 Å². The first-order valence-corrected chi connectivity index (χ1v) is 9.68. The van der Waals surface area contributed by atoms with Gasteiger partial charge in [0.25, 0.3) is 0 Å². The van der Waals surface area contributed by atoms with Crippen molar-refractivity contribution in [3.05, 3.63) is 0 Å². The summed E-state index contributed by atoms with van der Waals surface area (Å²) in [7, 11) is 2.19. The third-order valence-corrected chi connectivity index (χ3v) is 3.81. The van der Waals surface area contributed by atoms with Crippen LogP contribution < -0.4 is 5.32 Å². The number of nitrogens with one attached hydrogen (secondary N) is 1. The molecule has 0 radical (unpaired) electrons. The van der Waals surface area contributed by atoms with Crippen molar-refractivity contribution in [2.24, 2.45) is 28.6 Å². The molecule has 2 aliphatic heterocycles. The van der Waals surface area contributed by atoms with Crippen LogP contribution in [0.3, 0.4) is 0 Å². The van der Waals surface area contributed by atoms with Gasteiger partial charge in [0.15, 0.2) is 0 Å². The van der Waals surface area contributed by atoms with E-state index in [2.05, 4.69) is 79.6 Å². The van der Waals surface area contributed by atoms with Gasteiger partial charge in [-0.2, -0.15) is 0 Å². The van der Waals surface area contributed by atoms with Crippen LogP contribution >= 0.6 is 0 Å². The molecule has 0 aromatic heterocycles. The smallest absolute Gasteiger partial charge is 0.00192 e. The summed E-state index contributed by atoms with van der Waals surface area (Å²) in [5, 5.41) is 3.28. The zero-order chi connectivity index (χ0) is 18.3. The molecule has 23 heavy (non-hydrogen) atoms. The van der Waals surface area contributed by atoms with Crippen molar-refractivity contribution in [1.82, 2.24) is 10.2 Å². The van der Waals surface area contributed by atoms with Crippen molar-refractivity contribution in [2.75, 3.05) is 33.2 Å². The molecule has 0 aromatic rings. The molecule has 2 nitrogen and oxygen atoms in total. The second kappa shape index (κ2) is 10.0. The van der Waals surface area contributed by atoms with Crippen molar-refractivity contribution in [1.29, 1.82) is 0 Å². The molecule has 0 unspecified atom stereocenters. The molecule has 0 aromatic carbocycles. The Morgan fingerprint density at radius 2 is 1.17 bits per heavy atom. The summed E-state index contributed by atoms with van der Waals surface area (Å²) >= 11 is 0. The van der Waals surface area contributed by atoms with Crippen LogP contribution in [0.2, 0.25) is 0 Å². The van der Waals surface area contributed by atoms with Gasteiger partial charge in [-0.25, -0.2) is 0 Å². The third kappa shape index (κ3) is 15.2. The second-order valence-corrected chi connectivity index (χ2v) is 10.9. The summed E-state index contributed by atoms with van der Waals surface area (Å²) in [6.07, 6.45) is 2.76. The average Bonchev–Trinajstić information content (AvgIpc) is 2.18. The van der Waals surface area contributed by atoms with Crippen LogP contribution in [-0.4, -0.2) is 38.1 Å². The Morgan fingerprint density at radius 1 is 0.826 bits per heavy atom. The number of hydrogen-bond acceptors (Lipinski definition) is 2. The van der Waals surface area contributed by atoms with E-state index in [-0.39, 0.29) is 0 Å². The Balaban J connectivity index is 0.000000345. The lowest BCUT2D eigenvalue weighted by molar-refractivity contribution is 0.0955. The second-order valence-electron chi connectivity index (χ2n) is 10.9. The van der Waals surface area contributed by atoms with Gasteiger partial charge in [-0.15, -0.1) is 0 Å². The van der Waals surface area contributed by atoms with Crippen LogP contribution in [0, 0.1) is 28.6 Å². The molecule has 0 saturated carbocycles. The molecule has 2 saturated heterocycles. The summed E-state index contributed by atoms with van der Waals surface area (Å²) in [5.41, 5.74) is 1.07. The predicted molar refractivity (Wildman–Crippen MR) is 106 cm³/mol. The molecule has 1 N–H and O–H groups in total. The van der Waals surface area contributed by atoms with Gasteiger partial charge >= 0.3 is 0 Å². The minimum atomic E-state index is 0.534. The zero-order valence-electron chi connectivity index (χ0n) is 17.9. The van der Waals surface area contributed by atoms with Crippen molar-refractivity contribution >= 4 is 0 Å². The van der Waals surface area contributed by atoms with Gasteiger partial charge in [0.1, 0.15) is 0 Å². The monoisotopic (exact) mass is 326 g/mol. The van der Waals surface area contributed by atoms with Gasteiger partial charge in [0, 0.05) is 13.1 Å². The standard InChI is InChI=1S/C9H19N.C8H17N.C4H10/c1-9(2,3)5-8-6-10(4)7-8;1-8(2,3)4-7-5-9-6-7;1-4(2)3/h8H,5-7H2,1-4H3;7,9H,4-6H2,1-3H3;4H,1-3H3. The van der Waals surface area contributed by atoms with E-state index in [9.17, 15) is 0 Å². The molecule has 0 aliphatic carbocycles. The van der Waals surface area contributed by atoms with E-state index in [0.717, 1.165) is 17.8 Å². The maximum Gasteiger partial charge on any atom is 0.00192 e. The summed E-state index contributed by atoms with van der Waals surface area (Å²) in [6, 6.07) is 0. The zero-order valence-corrected chi connectivity index (χ0v) is 17.9. The Kier molecular flexibility index (Phi) is 10.00. The number of likely N-dealkylation sites (tertiary alicyclic amines) is 1. The highest BCUT2D eigenvalue weighted by Gasteiger charge is 2.27. The highest BCUT2D eigenvalue weighted by Crippen LogP contribution is 2.29. The Morgan fingerprint density at radius 3 is 1.35 bits per heavy atom. The fourth-order valence-corrected chi connectivity index (χ4v) is 3.18. The number of rotatable bonds is 2. The van der Waals surface area contributed by atoms with Crippen molar-refractivity contribution in [2.45, 2.75) is 75.2 Å². The summed E-state index contributed by atoms with van der Waals surface area (Å²) in [5.74, 6) is 2.77. The van der Waals surface area contributed by atoms with E-state index in [0.29, 0.717) is 10.8 Å². The van der Waals surface area contributed by atoms with Crippen molar-refractivity contribution in [3.8, 4) is 0 Å². The van der Waals surface area contributed by atoms with Crippen LogP contribution in [0.25, 0.3) is 0 Å². The van der Waals surface area contributed by atoms with Gasteiger partial charge in [-0.1, -0.05) is 62.3 Å². The maximum atomic E-state index is 3.28. The van der Waals surface area contributed by atoms with Gasteiger partial charge < -0.3 is 10.2 Å². The molecule has 2 heteroatoms. The van der Waals surface area contributed by atoms with Gasteiger partial charge in [-0.3, -0.25) is 0 Å². The molecule has 0 bridgehead atoms. The average molecular weight is 327 g/mol. The molecule has 140 valence electrons. The van der Waals surface area contributed by atoms with E-state index in [1.807, 2.05) is 0 Å². The third-order valence-electron chi connectivity index (χ3n) is 3.81. The Labute approximate surface area is 147 Å². The topological polar surface area (TPSA) is 15.3 Å². The molecule has 0 amide bonds. The molecule has 0 atom stereocenters. The molecule has 2 fully saturated rings. The highest BCUT2D eigenvalue weighted by atomic mass is 15.2. The predicted octanol–water partition coefficient (Wildman–Crippen LogP) is 5.29. The van der Waals surface area contributed by atoms with E-state index >= 15 is 0 Å². The van der Waals surface area contributed by atoms with Crippen LogP contribution in [0.1, 0.15) is 75.2 Å². The fourth-order valence-electron chi connectivity index (χ4n) is 3.18. The first-order chi connectivity index (χ1) is 10.3. The first-order valence-electron chi connectivity index (χ1n) is 9.68. The highest BCUT2D eigenvalue weighted by molar-refractivity contribution is 4.81. The molecule has 2 rings (SSSR count). The SMILES string of the molecule is CC(C)(C)CC1CNC1.CC(C)C.CN1CC(CC(C)(C)C)C1. The molecular formula is C21H46N2. The summed E-state index contributed by atoms with van der Waals surface area (Å²) in [4.78, 5) is 2.39. The number of hydrogen-bond donors (Lipinski definition) is 1. The van der Waals surface area contributed by atoms with E-state index in [1.54, 1.807) is 0 Å². The maximum absolute atomic E-state index is 3.28. The normalized spacial score (nSPS) is 20.0. The summed E-state index contributed by atoms with van der Waals surface area (Å²) < 4.78 is 0. The fraction of sp³-hybridized carbons (Fsp3) is 1.00. The Bertz CT molecular complexity index is 283. The molecule has 2 aliphatic rings. The molecule has 0 spiro atoms. The largest absolute Gasteiger partial charge is 0.316 e. The number of nitrogens with zero attached hydrogens (tertiary/aromatic N) is 1. The lowest BCUT2D eigenvalue weighted by Crippen LogP contribution is -2.45. The van der Waals surface area contributed by atoms with Gasteiger partial charge in [0.05, 0.1) is 0 Å². The van der Waals surface area contributed by atoms with Crippen LogP contribution in [0.15, 0.2) is 0 Å². The van der Waals surface area contributed by atoms with Gasteiger partial charge in [0.2, 0.25) is 0 Å². The molecular weight excluding hydrogens is 280 g/mol. The lowest BCUT2D eigenvalue weighted by atomic mass is 9.81. The first kappa shape index (κ1) is 22.9. The quantitative estimate of drug-likeness (QED) is 0.742. The summed E-state index contributed by atoms with van der Waals surface area (Å²) in [6.45, 7) is 25.5. The lowest BCUT2D eigenvalue weighted by Gasteiger charge is -2.39. The van der Waals surface area contributed by atoms with E-state index < -0.39 is 0 Å².